The minimum atomic E-state index is 0.0468. The monoisotopic (exact) mass is 877 g/mol. The maximum absolute atomic E-state index is 12.5. The van der Waals surface area contributed by atoms with Gasteiger partial charge in [0.2, 0.25) is 6.41 Å². The molecule has 1 aliphatic rings. The van der Waals surface area contributed by atoms with Gasteiger partial charge in [0.05, 0.1) is 13.2 Å². The lowest BCUT2D eigenvalue weighted by atomic mass is 9.90. The van der Waals surface area contributed by atoms with E-state index in [0.29, 0.717) is 37.9 Å². The van der Waals surface area contributed by atoms with Crippen LogP contribution in [-0.2, 0) is 23.9 Å². The quantitative estimate of drug-likeness (QED) is 0.0371. The van der Waals surface area contributed by atoms with Crippen LogP contribution in [-0.4, -0.2) is 56.1 Å². The maximum Gasteiger partial charge on any atom is 0.306 e. The van der Waals surface area contributed by atoms with Crippen molar-refractivity contribution in [2.75, 3.05) is 32.8 Å². The van der Waals surface area contributed by atoms with E-state index in [1.54, 1.807) is 0 Å². The Kier molecular flexibility index (Phi) is 47.5. The first-order valence-corrected chi connectivity index (χ1v) is 27.6. The Morgan fingerprint density at radius 1 is 0.435 bits per heavy atom. The fourth-order valence-electron chi connectivity index (χ4n) is 9.62. The van der Waals surface area contributed by atoms with Gasteiger partial charge in [0.15, 0.2) is 0 Å². The van der Waals surface area contributed by atoms with Crippen molar-refractivity contribution in [2.45, 2.75) is 285 Å². The van der Waals surface area contributed by atoms with Crippen molar-refractivity contribution < 1.29 is 23.9 Å². The van der Waals surface area contributed by atoms with Crippen molar-refractivity contribution in [3.8, 4) is 0 Å². The minimum absolute atomic E-state index is 0.0468. The van der Waals surface area contributed by atoms with Gasteiger partial charge in [-0.2, -0.15) is 0 Å². The van der Waals surface area contributed by atoms with Gasteiger partial charge in [-0.15, -0.1) is 0 Å². The molecule has 1 fully saturated rings. The van der Waals surface area contributed by atoms with Crippen LogP contribution >= 0.6 is 0 Å². The van der Waals surface area contributed by atoms with Gasteiger partial charge in [-0.1, -0.05) is 207 Å². The van der Waals surface area contributed by atoms with Gasteiger partial charge >= 0.3 is 11.9 Å². The molecule has 0 saturated carbocycles. The van der Waals surface area contributed by atoms with E-state index in [2.05, 4.69) is 38.3 Å². The highest BCUT2D eigenvalue weighted by Crippen LogP contribution is 2.26. The van der Waals surface area contributed by atoms with Crippen LogP contribution < -0.4 is 5.73 Å². The summed E-state index contributed by atoms with van der Waals surface area (Å²) in [5.41, 5.74) is 4.17. The van der Waals surface area contributed by atoms with Crippen molar-refractivity contribution in [2.24, 2.45) is 23.5 Å². The van der Waals surface area contributed by atoms with Crippen molar-refractivity contribution in [1.82, 2.24) is 4.90 Å². The number of hydrogen-bond acceptors (Lipinski definition) is 6. The van der Waals surface area contributed by atoms with Gasteiger partial charge in [-0.05, 0) is 102 Å². The number of nitrogens with zero attached hydrogens (tertiary/aromatic N) is 1. The van der Waals surface area contributed by atoms with E-state index in [4.69, 9.17) is 14.3 Å². The molecule has 0 bridgehead atoms. The van der Waals surface area contributed by atoms with E-state index in [9.17, 15) is 9.59 Å². The lowest BCUT2D eigenvalue weighted by Gasteiger charge is -2.20. The molecule has 0 aromatic carbocycles. The van der Waals surface area contributed by atoms with Crippen molar-refractivity contribution in [3.05, 3.63) is 0 Å². The average Bonchev–Trinajstić information content (AvgIpc) is 3.78. The SMILES string of the molecule is CCCCCC(CCCCC)CC(=O)OCCCCCCCCCCC(CCCCCCCCCCOC(=O)CC(CCCCC)CCCCC)CCCN1CCCC1.NC=O. The highest BCUT2D eigenvalue weighted by Gasteiger charge is 2.17. The number of esters is 2. The summed E-state index contributed by atoms with van der Waals surface area (Å²) in [7, 11) is 0. The molecular weight excluding hydrogens is 769 g/mol. The van der Waals surface area contributed by atoms with Gasteiger partial charge in [0, 0.05) is 12.8 Å². The summed E-state index contributed by atoms with van der Waals surface area (Å²) in [5, 5.41) is 0. The lowest BCUT2D eigenvalue weighted by molar-refractivity contribution is -0.146. The minimum Gasteiger partial charge on any atom is -0.466 e. The molecule has 1 rings (SSSR count). The van der Waals surface area contributed by atoms with E-state index < -0.39 is 0 Å². The van der Waals surface area contributed by atoms with Crippen LogP contribution in [0.3, 0.4) is 0 Å². The number of primary amides is 1. The van der Waals surface area contributed by atoms with Crippen LogP contribution in [0.5, 0.6) is 0 Å². The Bertz CT molecular complexity index is 861. The first kappa shape index (κ1) is 60.4. The van der Waals surface area contributed by atoms with Crippen molar-refractivity contribution >= 4 is 18.3 Å². The van der Waals surface area contributed by atoms with Crippen LogP contribution in [0.1, 0.15) is 285 Å². The van der Waals surface area contributed by atoms with E-state index in [1.165, 1.54) is 251 Å². The highest BCUT2D eigenvalue weighted by atomic mass is 16.5. The van der Waals surface area contributed by atoms with E-state index in [1.807, 2.05) is 0 Å². The zero-order valence-electron chi connectivity index (χ0n) is 42.2. The van der Waals surface area contributed by atoms with Gasteiger partial charge < -0.3 is 20.1 Å². The molecule has 0 atom stereocenters. The zero-order valence-corrected chi connectivity index (χ0v) is 42.2. The normalized spacial score (nSPS) is 13.0. The zero-order chi connectivity index (χ0) is 45.4. The number of nitrogens with two attached hydrogens (primary N) is 1. The Morgan fingerprint density at radius 2 is 0.710 bits per heavy atom. The first-order valence-electron chi connectivity index (χ1n) is 27.6. The molecule has 1 saturated heterocycles. The number of hydrogen-bond donors (Lipinski definition) is 1. The van der Waals surface area contributed by atoms with Crippen LogP contribution in [0.25, 0.3) is 0 Å². The number of carbonyl (C=O) groups is 3. The maximum atomic E-state index is 12.5. The summed E-state index contributed by atoms with van der Waals surface area (Å²) in [5.74, 6) is 2.07. The van der Waals surface area contributed by atoms with Crippen LogP contribution in [0.4, 0.5) is 0 Å². The van der Waals surface area contributed by atoms with Gasteiger partial charge in [0.1, 0.15) is 0 Å². The summed E-state index contributed by atoms with van der Waals surface area (Å²) in [4.78, 5) is 36.3. The molecule has 7 heteroatoms. The fourth-order valence-corrected chi connectivity index (χ4v) is 9.62. The number of carbonyl (C=O) groups excluding carboxylic acids is 3. The summed E-state index contributed by atoms with van der Waals surface area (Å²) in [6.07, 6.45) is 50.7. The van der Waals surface area contributed by atoms with Crippen molar-refractivity contribution in [1.29, 1.82) is 0 Å². The predicted molar refractivity (Wildman–Crippen MR) is 266 cm³/mol. The predicted octanol–water partition coefficient (Wildman–Crippen LogP) is 16.0. The highest BCUT2D eigenvalue weighted by molar-refractivity contribution is 5.70. The topological polar surface area (TPSA) is 98.9 Å². The average molecular weight is 877 g/mol. The molecule has 0 radical (unpaired) electrons. The molecular formula is C55H108N2O5. The third-order valence-electron chi connectivity index (χ3n) is 13.6. The molecule has 0 spiro atoms. The molecule has 0 aliphatic carbocycles. The molecule has 0 unspecified atom stereocenters. The second kappa shape index (κ2) is 48.8. The van der Waals surface area contributed by atoms with Crippen molar-refractivity contribution in [3.63, 3.8) is 0 Å². The van der Waals surface area contributed by atoms with Crippen LogP contribution in [0, 0.1) is 17.8 Å². The summed E-state index contributed by atoms with van der Waals surface area (Å²) in [6, 6.07) is 0. The smallest absolute Gasteiger partial charge is 0.306 e. The number of ether oxygens (including phenoxy) is 2. The molecule has 0 aromatic rings. The van der Waals surface area contributed by atoms with Gasteiger partial charge in [-0.3, -0.25) is 14.4 Å². The second-order valence-electron chi connectivity index (χ2n) is 19.5. The molecule has 2 N–H and O–H groups in total. The largest absolute Gasteiger partial charge is 0.466 e. The summed E-state index contributed by atoms with van der Waals surface area (Å²) < 4.78 is 11.3. The van der Waals surface area contributed by atoms with Crippen LogP contribution in [0.2, 0.25) is 0 Å². The molecule has 1 aliphatic heterocycles. The standard InChI is InChI=1S/C54H105NO4.CH3NO/c1-5-9-25-38-51(39-26-10-6-2)48-53(56)58-46-33-23-19-15-13-17-21-29-36-50(42-35-45-55-43-31-32-44-55)37-30-22-18-14-16-20-24-34-47-59-54(57)49-52(40-27-11-7-3)41-28-12-8-4;2-1-3/h50-52H,5-49H2,1-4H3;1H,(H2,2,3). The number of likely N-dealkylation sites (tertiary alicyclic amines) is 1. The van der Waals surface area contributed by atoms with Gasteiger partial charge in [0.25, 0.3) is 0 Å². The van der Waals surface area contributed by atoms with E-state index in [-0.39, 0.29) is 18.3 Å². The Morgan fingerprint density at radius 3 is 1.05 bits per heavy atom. The number of rotatable bonds is 46. The Hall–Kier alpha value is -1.63. The third kappa shape index (κ3) is 42.3. The van der Waals surface area contributed by atoms with E-state index >= 15 is 0 Å². The first-order chi connectivity index (χ1) is 30.4. The summed E-state index contributed by atoms with van der Waals surface area (Å²) >= 11 is 0. The number of amides is 1. The lowest BCUT2D eigenvalue weighted by Crippen LogP contribution is -2.21. The summed E-state index contributed by atoms with van der Waals surface area (Å²) in [6.45, 7) is 14.2. The second-order valence-corrected chi connectivity index (χ2v) is 19.5. The van der Waals surface area contributed by atoms with Crippen LogP contribution in [0.15, 0.2) is 0 Å². The van der Waals surface area contributed by atoms with E-state index in [0.717, 1.165) is 18.8 Å². The third-order valence-corrected chi connectivity index (χ3v) is 13.6. The molecule has 1 amide bonds. The molecule has 368 valence electrons. The Labute approximate surface area is 386 Å². The molecule has 0 aromatic heterocycles. The number of unbranched alkanes of at least 4 members (excludes halogenated alkanes) is 22. The molecule has 62 heavy (non-hydrogen) atoms. The Balaban J connectivity index is 0.0000120. The molecule has 7 nitrogen and oxygen atoms in total. The van der Waals surface area contributed by atoms with Gasteiger partial charge in [-0.25, -0.2) is 0 Å². The fraction of sp³-hybridized carbons (Fsp3) is 0.945. The molecule has 1 heterocycles.